The molecule has 0 saturated heterocycles. The average molecular weight is 547 g/mol. The molecule has 0 aliphatic heterocycles. The fraction of sp³-hybridized carbons (Fsp3) is 0.364. The quantitative estimate of drug-likeness (QED) is 0.114. The Balaban J connectivity index is 1.57. The standard InChI is InChI=1S/C33H38O7/c1-4-6-7-8-31(30(35)21-23(3)22-34)38-27-19-13-26(14-20-27)33(37)40-29-17-11-25(12-18-29)24-9-15-28(16-10-24)39-32(36)5-2/h5,9,11,13-15,17,19-20,22,30-31,35H,2-4,6-8,10,12,16,18,21H2,1H3. The summed E-state index contributed by atoms with van der Waals surface area (Å²) >= 11 is 0. The van der Waals surface area contributed by atoms with E-state index < -0.39 is 24.1 Å². The minimum atomic E-state index is -0.854. The number of hydrogen-bond donors (Lipinski definition) is 1. The van der Waals surface area contributed by atoms with Gasteiger partial charge in [0.25, 0.3) is 0 Å². The lowest BCUT2D eigenvalue weighted by atomic mass is 9.90. The zero-order chi connectivity index (χ0) is 28.9. The summed E-state index contributed by atoms with van der Waals surface area (Å²) in [4.78, 5) is 35.0. The number of carbonyl (C=O) groups is 3. The average Bonchev–Trinajstić information content (AvgIpc) is 2.97. The number of carbonyl (C=O) groups excluding carboxylic acids is 3. The monoisotopic (exact) mass is 546 g/mol. The van der Waals surface area contributed by atoms with Crippen molar-refractivity contribution in [1.82, 2.24) is 0 Å². The molecule has 2 aliphatic carbocycles. The van der Waals surface area contributed by atoms with Crippen molar-refractivity contribution in [3.05, 3.63) is 102 Å². The summed E-state index contributed by atoms with van der Waals surface area (Å²) in [7, 11) is 0. The van der Waals surface area contributed by atoms with Crippen LogP contribution in [0.4, 0.5) is 0 Å². The molecule has 0 fully saturated rings. The van der Waals surface area contributed by atoms with Gasteiger partial charge in [-0.25, -0.2) is 9.59 Å². The second-order valence-electron chi connectivity index (χ2n) is 9.89. The third-order valence-electron chi connectivity index (χ3n) is 6.79. The molecule has 3 rings (SSSR count). The fourth-order valence-corrected chi connectivity index (χ4v) is 4.51. The first kappa shape index (κ1) is 30.6. The van der Waals surface area contributed by atoms with Gasteiger partial charge in [0.1, 0.15) is 29.7 Å². The maximum absolute atomic E-state index is 12.7. The van der Waals surface area contributed by atoms with Crippen LogP contribution in [0.25, 0.3) is 0 Å². The van der Waals surface area contributed by atoms with Gasteiger partial charge in [-0.05, 0) is 78.8 Å². The maximum atomic E-state index is 12.7. The molecule has 2 unspecified atom stereocenters. The molecule has 1 aromatic carbocycles. The zero-order valence-electron chi connectivity index (χ0n) is 23.1. The largest absolute Gasteiger partial charge is 0.488 e. The molecule has 0 saturated carbocycles. The molecular weight excluding hydrogens is 508 g/mol. The Morgan fingerprint density at radius 2 is 1.57 bits per heavy atom. The Kier molecular flexibility index (Phi) is 11.9. The van der Waals surface area contributed by atoms with E-state index in [0.717, 1.165) is 38.2 Å². The predicted molar refractivity (Wildman–Crippen MR) is 153 cm³/mol. The topological polar surface area (TPSA) is 99.1 Å². The van der Waals surface area contributed by atoms with Crippen LogP contribution in [-0.4, -0.2) is 35.5 Å². The van der Waals surface area contributed by atoms with Gasteiger partial charge in [0.15, 0.2) is 0 Å². The molecule has 0 bridgehead atoms. The molecule has 0 radical (unpaired) electrons. The van der Waals surface area contributed by atoms with Gasteiger partial charge in [-0.1, -0.05) is 45.1 Å². The van der Waals surface area contributed by atoms with E-state index in [4.69, 9.17) is 14.2 Å². The Bertz CT molecular complexity index is 1210. The van der Waals surface area contributed by atoms with E-state index in [2.05, 4.69) is 20.1 Å². The van der Waals surface area contributed by atoms with Crippen LogP contribution in [0, 0.1) is 0 Å². The van der Waals surface area contributed by atoms with E-state index >= 15 is 0 Å². The Morgan fingerprint density at radius 1 is 0.950 bits per heavy atom. The van der Waals surface area contributed by atoms with Crippen LogP contribution in [-0.2, 0) is 19.1 Å². The van der Waals surface area contributed by atoms with E-state index in [-0.39, 0.29) is 6.42 Å². The number of unbranched alkanes of at least 4 members (excludes halogenated alkanes) is 2. The number of aliphatic hydroxyl groups is 1. The number of aldehydes is 1. The molecule has 1 N–H and O–H groups in total. The number of allylic oxidation sites excluding steroid dienone is 8. The summed E-state index contributed by atoms with van der Waals surface area (Å²) in [5.41, 5.74) is 3.05. The number of hydrogen-bond acceptors (Lipinski definition) is 7. The molecule has 0 spiro atoms. The first-order valence-electron chi connectivity index (χ1n) is 13.8. The van der Waals surface area contributed by atoms with Gasteiger partial charge in [-0.15, -0.1) is 0 Å². The Labute approximate surface area is 236 Å². The minimum absolute atomic E-state index is 0.149. The maximum Gasteiger partial charge on any atom is 0.343 e. The van der Waals surface area contributed by atoms with E-state index in [1.165, 1.54) is 11.1 Å². The summed E-state index contributed by atoms with van der Waals surface area (Å²) in [6, 6.07) is 6.64. The molecule has 1 aromatic rings. The molecular formula is C33H38O7. The van der Waals surface area contributed by atoms with E-state index in [1.54, 1.807) is 24.3 Å². The highest BCUT2D eigenvalue weighted by atomic mass is 16.5. The zero-order valence-corrected chi connectivity index (χ0v) is 23.1. The smallest absolute Gasteiger partial charge is 0.343 e. The number of benzene rings is 1. The van der Waals surface area contributed by atoms with Crippen molar-refractivity contribution in [2.45, 2.75) is 76.9 Å². The lowest BCUT2D eigenvalue weighted by Crippen LogP contribution is -2.32. The summed E-state index contributed by atoms with van der Waals surface area (Å²) < 4.78 is 16.8. The predicted octanol–water partition coefficient (Wildman–Crippen LogP) is 6.61. The summed E-state index contributed by atoms with van der Waals surface area (Å²) in [5.74, 6) is 0.829. The van der Waals surface area contributed by atoms with Crippen LogP contribution >= 0.6 is 0 Å². The second-order valence-corrected chi connectivity index (χ2v) is 9.89. The van der Waals surface area contributed by atoms with Gasteiger partial charge < -0.3 is 19.3 Å². The second kappa shape index (κ2) is 15.6. The van der Waals surface area contributed by atoms with Gasteiger partial charge in [-0.2, -0.15) is 0 Å². The van der Waals surface area contributed by atoms with Gasteiger partial charge in [0, 0.05) is 25.3 Å². The first-order chi connectivity index (χ1) is 19.3. The highest BCUT2D eigenvalue weighted by Gasteiger charge is 2.22. The molecule has 0 amide bonds. The Morgan fingerprint density at radius 3 is 2.10 bits per heavy atom. The van der Waals surface area contributed by atoms with Crippen molar-refractivity contribution in [3.8, 4) is 5.75 Å². The summed E-state index contributed by atoms with van der Waals surface area (Å²) in [5, 5.41) is 10.6. The SMILES string of the molecule is C=CC(=O)OC1=CC=C(C2=CC=C(OC(=O)c3ccc(OC(CCCCC)C(O)CC(=C)C=O)cc3)CC2)CC1. The van der Waals surface area contributed by atoms with Gasteiger partial charge >= 0.3 is 11.9 Å². The first-order valence-corrected chi connectivity index (χ1v) is 13.8. The van der Waals surface area contributed by atoms with Crippen molar-refractivity contribution in [2.24, 2.45) is 0 Å². The van der Waals surface area contributed by atoms with E-state index in [9.17, 15) is 19.5 Å². The van der Waals surface area contributed by atoms with E-state index in [1.807, 2.05) is 24.3 Å². The van der Waals surface area contributed by atoms with Crippen LogP contribution in [0.15, 0.2) is 96.0 Å². The van der Waals surface area contributed by atoms with Crippen molar-refractivity contribution in [3.63, 3.8) is 0 Å². The van der Waals surface area contributed by atoms with Crippen LogP contribution in [0.5, 0.6) is 5.75 Å². The third-order valence-corrected chi connectivity index (χ3v) is 6.79. The highest BCUT2D eigenvalue weighted by Crippen LogP contribution is 2.31. The summed E-state index contributed by atoms with van der Waals surface area (Å²) in [6.45, 7) is 9.16. The molecule has 7 nitrogen and oxygen atoms in total. The molecule has 212 valence electrons. The van der Waals surface area contributed by atoms with Crippen molar-refractivity contribution in [2.75, 3.05) is 0 Å². The number of rotatable bonds is 15. The van der Waals surface area contributed by atoms with Crippen LogP contribution in [0.2, 0.25) is 0 Å². The Hall–Kier alpha value is -3.97. The van der Waals surface area contributed by atoms with Crippen LogP contribution < -0.4 is 4.74 Å². The molecule has 2 aliphatic rings. The van der Waals surface area contributed by atoms with Crippen LogP contribution in [0.3, 0.4) is 0 Å². The van der Waals surface area contributed by atoms with Crippen LogP contribution in [0.1, 0.15) is 75.1 Å². The molecule has 40 heavy (non-hydrogen) atoms. The van der Waals surface area contributed by atoms with Gasteiger partial charge in [-0.3, -0.25) is 4.79 Å². The molecule has 0 heterocycles. The normalized spacial score (nSPS) is 16.2. The molecule has 7 heteroatoms. The number of ether oxygens (including phenoxy) is 3. The lowest BCUT2D eigenvalue weighted by Gasteiger charge is -2.24. The molecule has 2 atom stereocenters. The third kappa shape index (κ3) is 9.35. The van der Waals surface area contributed by atoms with Crippen molar-refractivity contribution >= 4 is 18.2 Å². The highest BCUT2D eigenvalue weighted by molar-refractivity contribution is 5.90. The lowest BCUT2D eigenvalue weighted by molar-refractivity contribution is -0.134. The minimum Gasteiger partial charge on any atom is -0.488 e. The summed E-state index contributed by atoms with van der Waals surface area (Å²) in [6.07, 6.45) is 14.5. The van der Waals surface area contributed by atoms with E-state index in [0.29, 0.717) is 54.0 Å². The molecule has 0 aromatic heterocycles. The van der Waals surface area contributed by atoms with Crippen molar-refractivity contribution < 1.29 is 33.7 Å². The van der Waals surface area contributed by atoms with Gasteiger partial charge in [0.2, 0.25) is 0 Å². The fourth-order valence-electron chi connectivity index (χ4n) is 4.51. The van der Waals surface area contributed by atoms with Crippen molar-refractivity contribution in [1.29, 1.82) is 0 Å². The number of esters is 2. The van der Waals surface area contributed by atoms with Gasteiger partial charge in [0.05, 0.1) is 11.7 Å². The number of aliphatic hydroxyl groups excluding tert-OH is 1.